The molecule has 0 bridgehead atoms. The van der Waals surface area contributed by atoms with Gasteiger partial charge in [-0.25, -0.2) is 0 Å². The first-order valence-electron chi connectivity index (χ1n) is 7.65. The summed E-state index contributed by atoms with van der Waals surface area (Å²) >= 11 is 0. The van der Waals surface area contributed by atoms with Gasteiger partial charge in [-0.3, -0.25) is 14.6 Å². The lowest BCUT2D eigenvalue weighted by molar-refractivity contribution is 0.0942. The number of rotatable bonds is 5. The van der Waals surface area contributed by atoms with Gasteiger partial charge in [-0.1, -0.05) is 19.1 Å². The van der Waals surface area contributed by atoms with Crippen molar-refractivity contribution >= 4 is 17.5 Å². The van der Waals surface area contributed by atoms with Gasteiger partial charge in [-0.15, -0.1) is 0 Å². The maximum atomic E-state index is 12.3. The van der Waals surface area contributed by atoms with E-state index >= 15 is 0 Å². The molecule has 5 heteroatoms. The third-order valence-corrected chi connectivity index (χ3v) is 3.30. The Hall–Kier alpha value is -2.69. The molecule has 0 radical (unpaired) electrons. The highest BCUT2D eigenvalue weighted by Crippen LogP contribution is 2.12. The van der Waals surface area contributed by atoms with Gasteiger partial charge in [0.1, 0.15) is 0 Å². The Balaban J connectivity index is 2.11. The van der Waals surface area contributed by atoms with Gasteiger partial charge in [-0.2, -0.15) is 0 Å². The topological polar surface area (TPSA) is 71.1 Å². The summed E-state index contributed by atoms with van der Waals surface area (Å²) in [6.07, 6.45) is 3.84. The fraction of sp³-hybridized carbons (Fsp3) is 0.278. The van der Waals surface area contributed by atoms with Crippen molar-refractivity contribution in [2.24, 2.45) is 0 Å². The van der Waals surface area contributed by atoms with Crippen LogP contribution in [0.25, 0.3) is 0 Å². The molecule has 1 aromatic carbocycles. The average molecular weight is 311 g/mol. The molecule has 5 nitrogen and oxygen atoms in total. The number of nitrogens with zero attached hydrogens (tertiary/aromatic N) is 1. The number of hydrogen-bond donors (Lipinski definition) is 2. The first kappa shape index (κ1) is 16.7. The van der Waals surface area contributed by atoms with Crippen LogP contribution in [0.15, 0.2) is 42.7 Å². The quantitative estimate of drug-likeness (QED) is 0.891. The van der Waals surface area contributed by atoms with Gasteiger partial charge in [-0.05, 0) is 44.0 Å². The zero-order valence-corrected chi connectivity index (χ0v) is 13.6. The molecule has 0 spiro atoms. The van der Waals surface area contributed by atoms with Crippen LogP contribution in [-0.2, 0) is 6.42 Å². The van der Waals surface area contributed by atoms with Crippen molar-refractivity contribution in [1.29, 1.82) is 0 Å². The van der Waals surface area contributed by atoms with Crippen LogP contribution in [0.3, 0.4) is 0 Å². The molecule has 0 saturated heterocycles. The zero-order valence-electron chi connectivity index (χ0n) is 13.6. The molecule has 0 atom stereocenters. The van der Waals surface area contributed by atoms with E-state index in [0.717, 1.165) is 6.42 Å². The Labute approximate surface area is 136 Å². The van der Waals surface area contributed by atoms with E-state index in [0.29, 0.717) is 16.8 Å². The van der Waals surface area contributed by atoms with Crippen LogP contribution in [0.5, 0.6) is 0 Å². The zero-order chi connectivity index (χ0) is 16.8. The number of nitrogens with one attached hydrogen (secondary N) is 2. The Morgan fingerprint density at radius 3 is 2.22 bits per heavy atom. The van der Waals surface area contributed by atoms with Gasteiger partial charge in [0.25, 0.3) is 11.8 Å². The Morgan fingerprint density at radius 2 is 1.65 bits per heavy atom. The van der Waals surface area contributed by atoms with Crippen molar-refractivity contribution in [3.63, 3.8) is 0 Å². The first-order valence-corrected chi connectivity index (χ1v) is 7.65. The lowest BCUT2D eigenvalue weighted by Gasteiger charge is -2.09. The molecule has 120 valence electrons. The lowest BCUT2D eigenvalue weighted by atomic mass is 10.1. The molecule has 0 aliphatic rings. The normalized spacial score (nSPS) is 10.4. The molecule has 0 aliphatic heterocycles. The van der Waals surface area contributed by atoms with Crippen molar-refractivity contribution in [2.75, 3.05) is 5.32 Å². The summed E-state index contributed by atoms with van der Waals surface area (Å²) in [5.74, 6) is -0.532. The number of amides is 2. The molecule has 2 amide bonds. The van der Waals surface area contributed by atoms with Gasteiger partial charge in [0.2, 0.25) is 0 Å². The molecule has 2 aromatic rings. The molecule has 0 saturated carbocycles. The van der Waals surface area contributed by atoms with E-state index in [1.165, 1.54) is 18.0 Å². The standard InChI is InChI=1S/C18H21N3O2/c1-4-13-5-7-16(8-6-13)21-18(23)15-9-14(10-19-11-15)17(22)20-12(2)3/h5-12H,4H2,1-3H3,(H,20,22)(H,21,23). The van der Waals surface area contributed by atoms with E-state index in [1.54, 1.807) is 6.07 Å². The highest BCUT2D eigenvalue weighted by atomic mass is 16.2. The summed E-state index contributed by atoms with van der Waals surface area (Å²) in [5.41, 5.74) is 2.63. The lowest BCUT2D eigenvalue weighted by Crippen LogP contribution is -2.30. The summed E-state index contributed by atoms with van der Waals surface area (Å²) in [6, 6.07) is 9.23. The number of carbonyl (C=O) groups is 2. The van der Waals surface area contributed by atoms with Crippen molar-refractivity contribution in [2.45, 2.75) is 33.2 Å². The van der Waals surface area contributed by atoms with E-state index < -0.39 is 0 Å². The van der Waals surface area contributed by atoms with E-state index in [-0.39, 0.29) is 17.9 Å². The van der Waals surface area contributed by atoms with Crippen LogP contribution in [0.2, 0.25) is 0 Å². The fourth-order valence-corrected chi connectivity index (χ4v) is 2.06. The number of aryl methyl sites for hydroxylation is 1. The van der Waals surface area contributed by atoms with E-state index in [4.69, 9.17) is 0 Å². The Bertz CT molecular complexity index is 694. The van der Waals surface area contributed by atoms with E-state index in [9.17, 15) is 9.59 Å². The number of benzene rings is 1. The van der Waals surface area contributed by atoms with Gasteiger partial charge in [0, 0.05) is 24.1 Å². The second-order valence-corrected chi connectivity index (χ2v) is 5.60. The van der Waals surface area contributed by atoms with Gasteiger partial charge in [0.15, 0.2) is 0 Å². The predicted molar refractivity (Wildman–Crippen MR) is 90.6 cm³/mol. The molecule has 1 heterocycles. The second kappa shape index (κ2) is 7.54. The second-order valence-electron chi connectivity index (χ2n) is 5.60. The monoisotopic (exact) mass is 311 g/mol. The number of aromatic nitrogens is 1. The number of hydrogen-bond acceptors (Lipinski definition) is 3. The number of pyridine rings is 1. The molecule has 0 fully saturated rings. The molecule has 0 aliphatic carbocycles. The molecule has 23 heavy (non-hydrogen) atoms. The van der Waals surface area contributed by atoms with Crippen LogP contribution < -0.4 is 10.6 Å². The third kappa shape index (κ3) is 4.64. The molecule has 2 rings (SSSR count). The summed E-state index contributed by atoms with van der Waals surface area (Å²) in [4.78, 5) is 28.2. The number of carbonyl (C=O) groups excluding carboxylic acids is 2. The fourth-order valence-electron chi connectivity index (χ4n) is 2.06. The first-order chi connectivity index (χ1) is 11.0. The summed E-state index contributed by atoms with van der Waals surface area (Å²) in [5, 5.41) is 5.58. The van der Waals surface area contributed by atoms with Crippen molar-refractivity contribution in [1.82, 2.24) is 10.3 Å². The largest absolute Gasteiger partial charge is 0.350 e. The minimum Gasteiger partial charge on any atom is -0.350 e. The van der Waals surface area contributed by atoms with Crippen molar-refractivity contribution < 1.29 is 9.59 Å². The smallest absolute Gasteiger partial charge is 0.257 e. The van der Waals surface area contributed by atoms with Crippen LogP contribution >= 0.6 is 0 Å². The maximum absolute atomic E-state index is 12.3. The minimum atomic E-state index is -0.291. The van der Waals surface area contributed by atoms with Gasteiger partial charge in [0.05, 0.1) is 11.1 Å². The van der Waals surface area contributed by atoms with Gasteiger partial charge >= 0.3 is 0 Å². The van der Waals surface area contributed by atoms with E-state index in [1.807, 2.05) is 38.1 Å². The van der Waals surface area contributed by atoms with Crippen LogP contribution in [-0.4, -0.2) is 22.8 Å². The SMILES string of the molecule is CCc1ccc(NC(=O)c2cncc(C(=O)NC(C)C)c2)cc1. The summed E-state index contributed by atoms with van der Waals surface area (Å²) in [7, 11) is 0. The highest BCUT2D eigenvalue weighted by molar-refractivity contribution is 6.05. The van der Waals surface area contributed by atoms with E-state index in [2.05, 4.69) is 22.5 Å². The average Bonchev–Trinajstić information content (AvgIpc) is 2.55. The molecule has 2 N–H and O–H groups in total. The highest BCUT2D eigenvalue weighted by Gasteiger charge is 2.12. The van der Waals surface area contributed by atoms with Crippen molar-refractivity contribution in [3.05, 3.63) is 59.4 Å². The van der Waals surface area contributed by atoms with Crippen LogP contribution in [0.1, 0.15) is 47.1 Å². The third-order valence-electron chi connectivity index (χ3n) is 3.30. The minimum absolute atomic E-state index is 0.0251. The summed E-state index contributed by atoms with van der Waals surface area (Å²) < 4.78 is 0. The predicted octanol–water partition coefficient (Wildman–Crippen LogP) is 3.03. The molecule has 1 aromatic heterocycles. The van der Waals surface area contributed by atoms with Crippen LogP contribution in [0, 0.1) is 0 Å². The van der Waals surface area contributed by atoms with Crippen molar-refractivity contribution in [3.8, 4) is 0 Å². The molecular formula is C18H21N3O2. The number of anilines is 1. The Kier molecular flexibility index (Phi) is 5.46. The van der Waals surface area contributed by atoms with Crippen LogP contribution in [0.4, 0.5) is 5.69 Å². The molecule has 0 unspecified atom stereocenters. The maximum Gasteiger partial charge on any atom is 0.257 e. The Morgan fingerprint density at radius 1 is 1.04 bits per heavy atom. The summed E-state index contributed by atoms with van der Waals surface area (Å²) in [6.45, 7) is 5.83. The van der Waals surface area contributed by atoms with Gasteiger partial charge < -0.3 is 10.6 Å². The molecular weight excluding hydrogens is 290 g/mol.